The van der Waals surface area contributed by atoms with Crippen molar-refractivity contribution in [3.63, 3.8) is 0 Å². The van der Waals surface area contributed by atoms with E-state index in [9.17, 15) is 13.2 Å². The second-order valence-electron chi connectivity index (χ2n) is 5.74. The Morgan fingerprint density at radius 1 is 1.15 bits per heavy atom. The smallest absolute Gasteiger partial charge is 0.265 e. The molecule has 0 spiro atoms. The Kier molecular flexibility index (Phi) is 6.50. The van der Waals surface area contributed by atoms with Crippen LogP contribution in [0.2, 0.25) is 5.02 Å². The summed E-state index contributed by atoms with van der Waals surface area (Å²) >= 11 is 5.83. The van der Waals surface area contributed by atoms with Crippen LogP contribution in [0.25, 0.3) is 0 Å². The second kappa shape index (κ2) is 8.42. The van der Waals surface area contributed by atoms with Gasteiger partial charge in [-0.3, -0.25) is 9.10 Å². The van der Waals surface area contributed by atoms with E-state index in [0.717, 1.165) is 6.26 Å². The molecule has 140 valence electrons. The number of amides is 1. The molecule has 8 heteroatoms. The molecule has 0 unspecified atom stereocenters. The summed E-state index contributed by atoms with van der Waals surface area (Å²) in [6.07, 6.45) is 0.930. The first-order valence-corrected chi connectivity index (χ1v) is 10.2. The van der Waals surface area contributed by atoms with Crippen molar-refractivity contribution in [2.24, 2.45) is 0 Å². The summed E-state index contributed by atoms with van der Waals surface area (Å²) in [5, 5.41) is 3.37. The Morgan fingerprint density at radius 3 is 2.23 bits per heavy atom. The van der Waals surface area contributed by atoms with Crippen LogP contribution in [0.1, 0.15) is 13.3 Å². The number of carbonyl (C=O) groups excluding carboxylic acids is 1. The summed E-state index contributed by atoms with van der Waals surface area (Å²) in [6, 6.07) is 13.3. The van der Waals surface area contributed by atoms with Crippen molar-refractivity contribution >= 4 is 38.9 Å². The summed E-state index contributed by atoms with van der Waals surface area (Å²) in [7, 11) is -1.86. The Labute approximate surface area is 158 Å². The van der Waals surface area contributed by atoms with Gasteiger partial charge < -0.3 is 10.1 Å². The molecule has 1 N–H and O–H groups in total. The molecule has 0 aliphatic rings. The van der Waals surface area contributed by atoms with E-state index in [1.54, 1.807) is 48.5 Å². The molecule has 26 heavy (non-hydrogen) atoms. The van der Waals surface area contributed by atoms with E-state index in [4.69, 9.17) is 16.3 Å². The fraction of sp³-hybridized carbons (Fsp3) is 0.278. The quantitative estimate of drug-likeness (QED) is 0.776. The minimum Gasteiger partial charge on any atom is -0.481 e. The van der Waals surface area contributed by atoms with Gasteiger partial charge in [0.05, 0.1) is 11.9 Å². The Bertz CT molecular complexity index is 852. The molecule has 0 saturated carbocycles. The number of sulfonamides is 1. The first kappa shape index (κ1) is 20.1. The molecule has 2 aromatic carbocycles. The number of benzene rings is 2. The molecular formula is C18H21ClN2O4S. The van der Waals surface area contributed by atoms with Crippen molar-refractivity contribution in [3.8, 4) is 5.75 Å². The molecule has 6 nitrogen and oxygen atoms in total. The highest BCUT2D eigenvalue weighted by atomic mass is 35.5. The van der Waals surface area contributed by atoms with Gasteiger partial charge in [0.2, 0.25) is 10.0 Å². The Balaban J connectivity index is 2.04. The highest BCUT2D eigenvalue weighted by Gasteiger charge is 2.19. The van der Waals surface area contributed by atoms with Crippen molar-refractivity contribution < 1.29 is 17.9 Å². The summed E-state index contributed by atoms with van der Waals surface area (Å²) < 4.78 is 30.0. The molecule has 0 bridgehead atoms. The summed E-state index contributed by atoms with van der Waals surface area (Å²) in [5.74, 6) is 0.209. The fourth-order valence-corrected chi connectivity index (χ4v) is 2.80. The second-order valence-corrected chi connectivity index (χ2v) is 8.19. The molecule has 0 radical (unpaired) electrons. The van der Waals surface area contributed by atoms with E-state index < -0.39 is 16.1 Å². The standard InChI is InChI=1S/C18H21ClN2O4S/c1-4-17(18(22)20-14-7-5-13(19)6-8-14)25-16-11-9-15(10-12-16)21(2)26(3,23)24/h5-12,17H,4H2,1-3H3,(H,20,22)/t17-/m0/s1. The normalized spacial score (nSPS) is 12.3. The molecule has 1 atom stereocenters. The van der Waals surface area contributed by atoms with Crippen LogP contribution in [0.3, 0.4) is 0 Å². The van der Waals surface area contributed by atoms with Gasteiger partial charge in [0.15, 0.2) is 6.10 Å². The van der Waals surface area contributed by atoms with Crippen LogP contribution in [0.4, 0.5) is 11.4 Å². The minimum atomic E-state index is -3.33. The van der Waals surface area contributed by atoms with Crippen LogP contribution < -0.4 is 14.4 Å². The van der Waals surface area contributed by atoms with Crippen LogP contribution in [0.15, 0.2) is 48.5 Å². The summed E-state index contributed by atoms with van der Waals surface area (Å²) in [5.41, 5.74) is 1.14. The Morgan fingerprint density at radius 2 is 1.73 bits per heavy atom. The first-order chi connectivity index (χ1) is 12.2. The lowest BCUT2D eigenvalue weighted by Crippen LogP contribution is -2.32. The number of nitrogens with zero attached hydrogens (tertiary/aromatic N) is 1. The maximum absolute atomic E-state index is 12.4. The predicted octanol–water partition coefficient (Wildman–Crippen LogP) is 3.53. The lowest BCUT2D eigenvalue weighted by atomic mass is 10.2. The fourth-order valence-electron chi connectivity index (χ4n) is 2.17. The SMILES string of the molecule is CC[C@H](Oc1ccc(N(C)S(C)(=O)=O)cc1)C(=O)Nc1ccc(Cl)cc1. The van der Waals surface area contributed by atoms with Gasteiger partial charge in [-0.15, -0.1) is 0 Å². The third kappa shape index (κ3) is 5.37. The van der Waals surface area contributed by atoms with E-state index in [-0.39, 0.29) is 5.91 Å². The van der Waals surface area contributed by atoms with E-state index in [1.807, 2.05) is 6.92 Å². The highest BCUT2D eigenvalue weighted by molar-refractivity contribution is 7.92. The lowest BCUT2D eigenvalue weighted by Gasteiger charge is -2.19. The van der Waals surface area contributed by atoms with E-state index in [1.165, 1.54) is 11.4 Å². The van der Waals surface area contributed by atoms with E-state index in [2.05, 4.69) is 5.32 Å². The zero-order valence-electron chi connectivity index (χ0n) is 14.8. The average Bonchev–Trinajstić information content (AvgIpc) is 2.60. The molecule has 2 rings (SSSR count). The van der Waals surface area contributed by atoms with E-state index >= 15 is 0 Å². The van der Waals surface area contributed by atoms with Crippen molar-refractivity contribution in [2.45, 2.75) is 19.4 Å². The van der Waals surface area contributed by atoms with Gasteiger partial charge in [-0.1, -0.05) is 18.5 Å². The number of hydrogen-bond acceptors (Lipinski definition) is 4. The van der Waals surface area contributed by atoms with Crippen molar-refractivity contribution in [3.05, 3.63) is 53.6 Å². The van der Waals surface area contributed by atoms with Crippen LogP contribution in [-0.4, -0.2) is 33.7 Å². The van der Waals surface area contributed by atoms with Crippen LogP contribution in [-0.2, 0) is 14.8 Å². The van der Waals surface area contributed by atoms with Gasteiger partial charge in [0.1, 0.15) is 5.75 Å². The van der Waals surface area contributed by atoms with Crippen molar-refractivity contribution in [1.29, 1.82) is 0 Å². The number of anilines is 2. The number of carbonyl (C=O) groups is 1. The van der Waals surface area contributed by atoms with Gasteiger partial charge in [-0.25, -0.2) is 8.42 Å². The monoisotopic (exact) mass is 396 g/mol. The number of halogens is 1. The summed E-state index contributed by atoms with van der Waals surface area (Å²) in [6.45, 7) is 1.85. The number of rotatable bonds is 7. The third-order valence-corrected chi connectivity index (χ3v) is 5.21. The molecule has 0 aromatic heterocycles. The molecule has 1 amide bonds. The Hall–Kier alpha value is -2.25. The number of nitrogens with one attached hydrogen (secondary N) is 1. The van der Waals surface area contributed by atoms with Gasteiger partial charge in [0, 0.05) is 17.8 Å². The largest absolute Gasteiger partial charge is 0.481 e. The molecule has 0 aliphatic heterocycles. The first-order valence-electron chi connectivity index (χ1n) is 7.97. The number of ether oxygens (including phenoxy) is 1. The van der Waals surface area contributed by atoms with Crippen LogP contribution in [0, 0.1) is 0 Å². The maximum Gasteiger partial charge on any atom is 0.265 e. The maximum atomic E-state index is 12.4. The molecule has 0 heterocycles. The van der Waals surface area contributed by atoms with Gasteiger partial charge in [-0.2, -0.15) is 0 Å². The van der Waals surface area contributed by atoms with E-state index in [0.29, 0.717) is 28.6 Å². The number of hydrogen-bond donors (Lipinski definition) is 1. The molecule has 0 fully saturated rings. The van der Waals surface area contributed by atoms with Crippen LogP contribution in [0.5, 0.6) is 5.75 Å². The minimum absolute atomic E-state index is 0.271. The molecule has 0 saturated heterocycles. The van der Waals surface area contributed by atoms with Gasteiger partial charge in [-0.05, 0) is 55.0 Å². The predicted molar refractivity (Wildman–Crippen MR) is 104 cm³/mol. The van der Waals surface area contributed by atoms with Crippen molar-refractivity contribution in [1.82, 2.24) is 0 Å². The van der Waals surface area contributed by atoms with Crippen molar-refractivity contribution in [2.75, 3.05) is 22.9 Å². The zero-order valence-corrected chi connectivity index (χ0v) is 16.3. The van der Waals surface area contributed by atoms with Gasteiger partial charge >= 0.3 is 0 Å². The highest BCUT2D eigenvalue weighted by Crippen LogP contribution is 2.22. The molecule has 0 aliphatic carbocycles. The topological polar surface area (TPSA) is 75.7 Å². The average molecular weight is 397 g/mol. The molecule has 2 aromatic rings. The lowest BCUT2D eigenvalue weighted by molar-refractivity contribution is -0.122. The summed E-state index contributed by atoms with van der Waals surface area (Å²) in [4.78, 5) is 12.4. The zero-order chi connectivity index (χ0) is 19.3. The van der Waals surface area contributed by atoms with Gasteiger partial charge in [0.25, 0.3) is 5.91 Å². The molecular weight excluding hydrogens is 376 g/mol. The van der Waals surface area contributed by atoms with Crippen LogP contribution >= 0.6 is 11.6 Å². The third-order valence-electron chi connectivity index (χ3n) is 3.75.